The molecular weight excluding hydrogens is 430 g/mol. The van der Waals surface area contributed by atoms with E-state index in [4.69, 9.17) is 11.1 Å². The molecule has 0 aromatic heterocycles. The number of fused-ring (bicyclic) bond motifs is 1. The van der Waals surface area contributed by atoms with Crippen molar-refractivity contribution >= 4 is 29.8 Å². The van der Waals surface area contributed by atoms with Gasteiger partial charge in [-0.2, -0.15) is 0 Å². The molecule has 3 N–H and O–H groups in total. The molecule has 0 bridgehead atoms. The van der Waals surface area contributed by atoms with Crippen LogP contribution in [0.15, 0.2) is 79.0 Å². The van der Waals surface area contributed by atoms with E-state index in [0.717, 1.165) is 35.3 Å². The average molecular weight is 462 g/mol. The molecule has 4 heteroatoms. The van der Waals surface area contributed by atoms with E-state index in [1.54, 1.807) is 0 Å². The fraction of sp³-hybridized carbons (Fsp3) is 0.226. The van der Waals surface area contributed by atoms with Gasteiger partial charge in [0.2, 0.25) is 0 Å². The number of carbonyl (C=O) groups excluding carboxylic acids is 1. The summed E-state index contributed by atoms with van der Waals surface area (Å²) in [5, 5.41) is 7.71. The number of aldehydes is 1. The molecule has 1 fully saturated rings. The van der Waals surface area contributed by atoms with Crippen molar-refractivity contribution in [1.29, 1.82) is 5.41 Å². The van der Waals surface area contributed by atoms with Gasteiger partial charge in [0.25, 0.3) is 0 Å². The molecule has 2 aliphatic rings. The van der Waals surface area contributed by atoms with Crippen LogP contribution in [-0.2, 0) is 11.2 Å². The zero-order chi connectivity index (χ0) is 24.4. The Labute approximate surface area is 207 Å². The number of hydrogen-bond donors (Lipinski definition) is 2. The minimum atomic E-state index is 0.0592. The minimum Gasteiger partial charge on any atom is -0.404 e. The molecule has 2 atom stereocenters. The van der Waals surface area contributed by atoms with Gasteiger partial charge in [0.1, 0.15) is 6.29 Å². The highest BCUT2D eigenvalue weighted by Crippen LogP contribution is 2.44. The van der Waals surface area contributed by atoms with Crippen molar-refractivity contribution in [3.8, 4) is 0 Å². The van der Waals surface area contributed by atoms with Crippen LogP contribution >= 0.6 is 0 Å². The van der Waals surface area contributed by atoms with Crippen molar-refractivity contribution in [1.82, 2.24) is 0 Å². The fourth-order valence-corrected chi connectivity index (χ4v) is 5.30. The van der Waals surface area contributed by atoms with Gasteiger partial charge in [-0.25, -0.2) is 0 Å². The summed E-state index contributed by atoms with van der Waals surface area (Å²) in [4.78, 5) is 13.3. The molecule has 1 heterocycles. The van der Waals surface area contributed by atoms with Gasteiger partial charge in [-0.15, -0.1) is 0 Å². The van der Waals surface area contributed by atoms with Gasteiger partial charge in [-0.1, -0.05) is 60.7 Å². The molecule has 1 aliphatic heterocycles. The number of nitrogens with two attached hydrogens (primary N) is 1. The summed E-state index contributed by atoms with van der Waals surface area (Å²) in [5.41, 5.74) is 14.9. The molecule has 1 saturated carbocycles. The third-order valence-electron chi connectivity index (χ3n) is 7.23. The van der Waals surface area contributed by atoms with E-state index < -0.39 is 0 Å². The van der Waals surface area contributed by atoms with Crippen LogP contribution in [0.5, 0.6) is 0 Å². The van der Waals surface area contributed by atoms with Crippen molar-refractivity contribution in [2.45, 2.75) is 44.2 Å². The lowest BCUT2D eigenvalue weighted by atomic mass is 9.83. The van der Waals surface area contributed by atoms with Crippen molar-refractivity contribution in [3.63, 3.8) is 0 Å². The summed E-state index contributed by atoms with van der Waals surface area (Å²) < 4.78 is 0. The summed E-state index contributed by atoms with van der Waals surface area (Å²) in [6.45, 7) is 2.29. The van der Waals surface area contributed by atoms with Gasteiger partial charge in [0, 0.05) is 29.7 Å². The zero-order valence-corrected chi connectivity index (χ0v) is 20.0. The molecule has 2 unspecified atom stereocenters. The number of carbonyl (C=O) groups is 1. The molecule has 0 amide bonds. The highest BCUT2D eigenvalue weighted by molar-refractivity contribution is 6.08. The van der Waals surface area contributed by atoms with Gasteiger partial charge in [-0.05, 0) is 83.7 Å². The Balaban J connectivity index is 1.60. The maximum atomic E-state index is 10.7. The Hall–Kier alpha value is -3.92. The molecule has 0 spiro atoms. The van der Waals surface area contributed by atoms with Gasteiger partial charge < -0.3 is 16.0 Å². The van der Waals surface area contributed by atoms with Crippen molar-refractivity contribution in [2.24, 2.45) is 5.73 Å². The lowest BCUT2D eigenvalue weighted by molar-refractivity contribution is -0.104. The first-order valence-electron chi connectivity index (χ1n) is 12.3. The predicted octanol–water partition coefficient (Wildman–Crippen LogP) is 6.27. The Kier molecular flexibility index (Phi) is 6.37. The minimum absolute atomic E-state index is 0.0592. The fourth-order valence-electron chi connectivity index (χ4n) is 5.30. The first-order chi connectivity index (χ1) is 17.1. The standard InChI is InChI=1S/C31H31N3O/c1-21-17-27-18-26(28(19-32)20-33)12-15-30(27)31(25-6-4-22(5-7-25)3-2-16-35)34(21)29-13-10-24(11-14-29)23-8-9-23/h2-7,10-16,18-21,23,31-32H,8-9,17,33H2,1H3/b3-2+,28-20+,32-19?. The van der Waals surface area contributed by atoms with Crippen LogP contribution in [0.25, 0.3) is 11.6 Å². The maximum Gasteiger partial charge on any atom is 0.142 e. The van der Waals surface area contributed by atoms with Crippen LogP contribution in [0.4, 0.5) is 5.69 Å². The average Bonchev–Trinajstić information content (AvgIpc) is 3.73. The van der Waals surface area contributed by atoms with E-state index in [1.165, 1.54) is 59.3 Å². The molecule has 0 radical (unpaired) electrons. The zero-order valence-electron chi connectivity index (χ0n) is 20.0. The maximum absolute atomic E-state index is 10.7. The highest BCUT2D eigenvalue weighted by atomic mass is 16.1. The van der Waals surface area contributed by atoms with Crippen molar-refractivity contribution in [2.75, 3.05) is 4.90 Å². The second kappa shape index (κ2) is 9.75. The monoisotopic (exact) mass is 461 g/mol. The quantitative estimate of drug-likeness (QED) is 0.248. The molecule has 35 heavy (non-hydrogen) atoms. The molecule has 0 saturated heterocycles. The van der Waals surface area contributed by atoms with E-state index in [2.05, 4.69) is 78.6 Å². The van der Waals surface area contributed by atoms with Crippen LogP contribution in [0.3, 0.4) is 0 Å². The number of anilines is 1. The summed E-state index contributed by atoms with van der Waals surface area (Å²) in [5.74, 6) is 0.739. The highest BCUT2D eigenvalue weighted by Gasteiger charge is 2.34. The van der Waals surface area contributed by atoms with Gasteiger partial charge in [0.15, 0.2) is 0 Å². The first kappa shape index (κ1) is 22.9. The lowest BCUT2D eigenvalue weighted by Gasteiger charge is -2.44. The molecule has 3 aromatic carbocycles. The molecule has 1 aliphatic carbocycles. The largest absolute Gasteiger partial charge is 0.404 e. The summed E-state index contributed by atoms with van der Waals surface area (Å²) >= 11 is 0. The van der Waals surface area contributed by atoms with Crippen LogP contribution in [0.2, 0.25) is 0 Å². The van der Waals surface area contributed by atoms with E-state index in [9.17, 15) is 4.79 Å². The summed E-state index contributed by atoms with van der Waals surface area (Å²) in [7, 11) is 0. The number of nitrogens with zero attached hydrogens (tertiary/aromatic N) is 1. The topological polar surface area (TPSA) is 70.2 Å². The molecule has 3 aromatic rings. The lowest BCUT2D eigenvalue weighted by Crippen LogP contribution is -2.43. The van der Waals surface area contributed by atoms with Crippen LogP contribution < -0.4 is 10.6 Å². The molecular formula is C31H31N3O. The predicted molar refractivity (Wildman–Crippen MR) is 145 cm³/mol. The number of nitrogens with one attached hydrogen (secondary N) is 1. The molecule has 176 valence electrons. The number of allylic oxidation sites excluding steroid dienone is 2. The summed E-state index contributed by atoms with van der Waals surface area (Å²) in [6.07, 6.45) is 10.5. The number of benzene rings is 3. The Morgan fingerprint density at radius 2 is 1.71 bits per heavy atom. The second-order valence-electron chi connectivity index (χ2n) is 9.57. The summed E-state index contributed by atoms with van der Waals surface area (Å²) in [6, 6.07) is 24.4. The smallest absolute Gasteiger partial charge is 0.142 e. The van der Waals surface area contributed by atoms with E-state index in [-0.39, 0.29) is 12.1 Å². The molecule has 5 rings (SSSR count). The third-order valence-corrected chi connectivity index (χ3v) is 7.23. The van der Waals surface area contributed by atoms with Crippen molar-refractivity contribution < 1.29 is 4.79 Å². The molecule has 4 nitrogen and oxygen atoms in total. The Morgan fingerprint density at radius 3 is 2.34 bits per heavy atom. The Bertz CT molecular complexity index is 1280. The normalized spacial score (nSPS) is 20.0. The van der Waals surface area contributed by atoms with Crippen LogP contribution in [0, 0.1) is 5.41 Å². The van der Waals surface area contributed by atoms with Gasteiger partial charge in [-0.3, -0.25) is 4.79 Å². The van der Waals surface area contributed by atoms with Crippen molar-refractivity contribution in [3.05, 3.63) is 112 Å². The van der Waals surface area contributed by atoms with Crippen LogP contribution in [-0.4, -0.2) is 18.5 Å². The number of rotatable bonds is 7. The Morgan fingerprint density at radius 1 is 1.00 bits per heavy atom. The van der Waals surface area contributed by atoms with Gasteiger partial charge >= 0.3 is 0 Å². The van der Waals surface area contributed by atoms with E-state index >= 15 is 0 Å². The second-order valence-corrected chi connectivity index (χ2v) is 9.57. The third kappa shape index (κ3) is 4.57. The van der Waals surface area contributed by atoms with E-state index in [0.29, 0.717) is 0 Å². The van der Waals surface area contributed by atoms with E-state index in [1.807, 2.05) is 6.08 Å². The first-order valence-corrected chi connectivity index (χ1v) is 12.3. The SMILES string of the molecule is CC1Cc2cc(/C(C=N)=C/N)ccc2C(c2ccc(/C=C/C=O)cc2)N1c1ccc(C2CC2)cc1. The van der Waals surface area contributed by atoms with Gasteiger partial charge in [0.05, 0.1) is 6.04 Å². The van der Waals surface area contributed by atoms with Crippen LogP contribution in [0.1, 0.15) is 65.1 Å². The number of hydrogen-bond acceptors (Lipinski definition) is 4.